The van der Waals surface area contributed by atoms with Crippen molar-refractivity contribution in [1.82, 2.24) is 0 Å². The maximum atomic E-state index is 10.2. The first kappa shape index (κ1) is 28.3. The Morgan fingerprint density at radius 3 is 1.52 bits per heavy atom. The largest absolute Gasteiger partial charge is 0.478 e. The monoisotopic (exact) mass is 432 g/mol. The van der Waals surface area contributed by atoms with Gasteiger partial charge in [-0.2, -0.15) is 0 Å². The summed E-state index contributed by atoms with van der Waals surface area (Å²) < 4.78 is 0. The molecule has 2 aromatic rings. The predicted octanol–water partition coefficient (Wildman–Crippen LogP) is 5.25. The Labute approximate surface area is 185 Å². The summed E-state index contributed by atoms with van der Waals surface area (Å²) in [7, 11) is 0. The van der Waals surface area contributed by atoms with Gasteiger partial charge in [0.2, 0.25) is 0 Å². The van der Waals surface area contributed by atoms with Crippen LogP contribution in [0, 0.1) is 0 Å². The lowest BCUT2D eigenvalue weighted by atomic mass is 9.87. The van der Waals surface area contributed by atoms with Crippen LogP contribution >= 0.6 is 0 Å². The third-order valence-corrected chi connectivity index (χ3v) is 4.78. The molecule has 0 saturated carbocycles. The fraction of sp³-hybridized carbons (Fsp3) is 0.440. The van der Waals surface area contributed by atoms with Crippen LogP contribution in [0.15, 0.2) is 60.7 Å². The zero-order valence-electron chi connectivity index (χ0n) is 18.7. The molecule has 31 heavy (non-hydrogen) atoms. The summed E-state index contributed by atoms with van der Waals surface area (Å²) in [6, 6.07) is 16.6. The van der Waals surface area contributed by atoms with Crippen LogP contribution < -0.4 is 0 Å². The number of hydrogen-bond donors (Lipinski definition) is 4. The van der Waals surface area contributed by atoms with Crippen LogP contribution in [0.5, 0.6) is 0 Å². The smallest absolute Gasteiger partial charge is 0.335 e. The highest BCUT2D eigenvalue weighted by molar-refractivity contribution is 5.87. The van der Waals surface area contributed by atoms with E-state index < -0.39 is 17.5 Å². The fourth-order valence-electron chi connectivity index (χ4n) is 2.67. The predicted molar refractivity (Wildman–Crippen MR) is 122 cm³/mol. The molecule has 4 N–H and O–H groups in total. The molecule has 2 aromatic carbocycles. The molecular formula is C25H36O6. The van der Waals surface area contributed by atoms with Gasteiger partial charge in [-0.25, -0.2) is 9.59 Å². The first-order chi connectivity index (χ1) is 14.7. The normalized spacial score (nSPS) is 12.8. The highest BCUT2D eigenvalue weighted by Crippen LogP contribution is 2.24. The van der Waals surface area contributed by atoms with Crippen molar-refractivity contribution in [2.24, 2.45) is 0 Å². The first-order valence-corrected chi connectivity index (χ1v) is 10.7. The summed E-state index contributed by atoms with van der Waals surface area (Å²) in [4.78, 5) is 20.4. The van der Waals surface area contributed by atoms with E-state index in [1.807, 2.05) is 13.8 Å². The summed E-state index contributed by atoms with van der Waals surface area (Å²) in [5.41, 5.74) is 0.0285. The van der Waals surface area contributed by atoms with Gasteiger partial charge in [0, 0.05) is 6.42 Å². The molecule has 0 bridgehead atoms. The topological polar surface area (TPSA) is 115 Å². The standard InChI is InChI=1S/C11H24O2.2C7H6O2/c1-4-7-8-11(13,6-3)9-10(12)5-2;2*8-7(9)6-4-2-1-3-5-6/h10,12-13H,4-9H2,1-3H3;2*1-5H,(H,8,9). The summed E-state index contributed by atoms with van der Waals surface area (Å²) >= 11 is 0. The van der Waals surface area contributed by atoms with Crippen molar-refractivity contribution in [3.63, 3.8) is 0 Å². The second kappa shape index (κ2) is 16.1. The van der Waals surface area contributed by atoms with E-state index >= 15 is 0 Å². The van der Waals surface area contributed by atoms with Crippen LogP contribution in [-0.2, 0) is 0 Å². The SMILES string of the molecule is CCCCC(O)(CC)CC(O)CC.O=C(O)c1ccccc1.O=C(O)c1ccccc1. The second-order valence-electron chi connectivity index (χ2n) is 7.29. The van der Waals surface area contributed by atoms with Crippen LogP contribution in [0.3, 0.4) is 0 Å². The van der Waals surface area contributed by atoms with Crippen molar-refractivity contribution in [2.45, 2.75) is 71.0 Å². The molecule has 2 rings (SSSR count). The summed E-state index contributed by atoms with van der Waals surface area (Å²) in [6.45, 7) is 6.05. The summed E-state index contributed by atoms with van der Waals surface area (Å²) in [5, 5.41) is 36.3. The average molecular weight is 433 g/mol. The molecule has 0 aliphatic rings. The zero-order valence-corrected chi connectivity index (χ0v) is 18.7. The highest BCUT2D eigenvalue weighted by atomic mass is 16.4. The number of unbranched alkanes of at least 4 members (excludes halogenated alkanes) is 1. The summed E-state index contributed by atoms with van der Waals surface area (Å²) in [5.74, 6) is -1.76. The Hall–Kier alpha value is -2.70. The maximum Gasteiger partial charge on any atom is 0.335 e. The van der Waals surface area contributed by atoms with Crippen molar-refractivity contribution in [1.29, 1.82) is 0 Å². The quantitative estimate of drug-likeness (QED) is 0.430. The van der Waals surface area contributed by atoms with Gasteiger partial charge < -0.3 is 20.4 Å². The summed E-state index contributed by atoms with van der Waals surface area (Å²) in [6.07, 6.45) is 4.61. The molecule has 2 unspecified atom stereocenters. The van der Waals surface area contributed by atoms with E-state index in [-0.39, 0.29) is 6.10 Å². The van der Waals surface area contributed by atoms with Crippen LogP contribution in [0.1, 0.15) is 80.0 Å². The minimum Gasteiger partial charge on any atom is -0.478 e. The van der Waals surface area contributed by atoms with E-state index in [4.69, 9.17) is 10.2 Å². The molecule has 0 amide bonds. The molecule has 0 saturated heterocycles. The molecule has 0 aliphatic carbocycles. The molecule has 0 spiro atoms. The van der Waals surface area contributed by atoms with Crippen LogP contribution in [-0.4, -0.2) is 44.1 Å². The first-order valence-electron chi connectivity index (χ1n) is 10.7. The van der Waals surface area contributed by atoms with E-state index in [1.54, 1.807) is 60.7 Å². The van der Waals surface area contributed by atoms with Crippen molar-refractivity contribution in [3.05, 3.63) is 71.8 Å². The van der Waals surface area contributed by atoms with Gasteiger partial charge in [-0.3, -0.25) is 0 Å². The highest BCUT2D eigenvalue weighted by Gasteiger charge is 2.26. The average Bonchev–Trinajstić information content (AvgIpc) is 2.79. The van der Waals surface area contributed by atoms with Gasteiger partial charge >= 0.3 is 11.9 Å². The third kappa shape index (κ3) is 13.3. The lowest BCUT2D eigenvalue weighted by Crippen LogP contribution is -2.32. The number of aromatic carboxylic acids is 2. The molecule has 0 aromatic heterocycles. The Balaban J connectivity index is 0.000000445. The number of carboxylic acid groups (broad SMARTS) is 2. The number of carbonyl (C=O) groups is 2. The van der Waals surface area contributed by atoms with Gasteiger partial charge in [-0.1, -0.05) is 70.0 Å². The molecular weight excluding hydrogens is 396 g/mol. The minimum atomic E-state index is -0.879. The number of carboxylic acids is 2. The zero-order chi connectivity index (χ0) is 23.7. The number of hydrogen-bond acceptors (Lipinski definition) is 4. The molecule has 0 radical (unpaired) electrons. The van der Waals surface area contributed by atoms with E-state index in [0.717, 1.165) is 32.1 Å². The van der Waals surface area contributed by atoms with Crippen LogP contribution in [0.4, 0.5) is 0 Å². The second-order valence-corrected chi connectivity index (χ2v) is 7.29. The van der Waals surface area contributed by atoms with Crippen LogP contribution in [0.25, 0.3) is 0 Å². The van der Waals surface area contributed by atoms with Crippen molar-refractivity contribution in [3.8, 4) is 0 Å². The van der Waals surface area contributed by atoms with E-state index in [0.29, 0.717) is 17.5 Å². The van der Waals surface area contributed by atoms with Gasteiger partial charge in [0.1, 0.15) is 0 Å². The van der Waals surface area contributed by atoms with Crippen molar-refractivity contribution in [2.75, 3.05) is 0 Å². The van der Waals surface area contributed by atoms with Gasteiger partial charge in [-0.05, 0) is 43.5 Å². The molecule has 172 valence electrons. The van der Waals surface area contributed by atoms with Gasteiger partial charge in [0.25, 0.3) is 0 Å². The van der Waals surface area contributed by atoms with Crippen molar-refractivity contribution >= 4 is 11.9 Å². The van der Waals surface area contributed by atoms with E-state index in [1.165, 1.54) is 0 Å². The van der Waals surface area contributed by atoms with Gasteiger partial charge in [0.05, 0.1) is 22.8 Å². The molecule has 2 atom stereocenters. The lowest BCUT2D eigenvalue weighted by Gasteiger charge is -2.28. The number of aliphatic hydroxyl groups excluding tert-OH is 1. The molecule has 0 fully saturated rings. The lowest BCUT2D eigenvalue weighted by molar-refractivity contribution is -0.0224. The van der Waals surface area contributed by atoms with Crippen molar-refractivity contribution < 1.29 is 30.0 Å². The third-order valence-electron chi connectivity index (χ3n) is 4.78. The number of rotatable bonds is 9. The Morgan fingerprint density at radius 2 is 1.26 bits per heavy atom. The van der Waals surface area contributed by atoms with Crippen LogP contribution in [0.2, 0.25) is 0 Å². The number of aliphatic hydroxyl groups is 2. The fourth-order valence-corrected chi connectivity index (χ4v) is 2.67. The molecule has 6 heteroatoms. The minimum absolute atomic E-state index is 0.331. The van der Waals surface area contributed by atoms with Gasteiger partial charge in [0.15, 0.2) is 0 Å². The molecule has 0 heterocycles. The van der Waals surface area contributed by atoms with E-state index in [9.17, 15) is 19.8 Å². The van der Waals surface area contributed by atoms with Gasteiger partial charge in [-0.15, -0.1) is 0 Å². The number of benzene rings is 2. The van der Waals surface area contributed by atoms with E-state index in [2.05, 4.69) is 6.92 Å². The Morgan fingerprint density at radius 1 is 0.839 bits per heavy atom. The maximum absolute atomic E-state index is 10.2. The molecule has 6 nitrogen and oxygen atoms in total. The molecule has 0 aliphatic heterocycles. The Kier molecular flexibility index (Phi) is 14.7. The Bertz CT molecular complexity index is 683.